The maximum atomic E-state index is 9.99. The first kappa shape index (κ1) is 9.74. The molecule has 0 aliphatic rings. The van der Waals surface area contributed by atoms with Gasteiger partial charge in [0.15, 0.2) is 0 Å². The summed E-state index contributed by atoms with van der Waals surface area (Å²) in [5.74, 6) is 0. The largest absolute Gasteiger partial charge is 0.476 e. The molecule has 6 heteroatoms. The van der Waals surface area contributed by atoms with E-state index in [1.807, 2.05) is 0 Å². The van der Waals surface area contributed by atoms with Crippen LogP contribution in [-0.4, -0.2) is 8.42 Å². The minimum absolute atomic E-state index is 0. The number of halogens is 3. The van der Waals surface area contributed by atoms with Gasteiger partial charge in [-0.25, -0.2) is 0 Å². The predicted octanol–water partition coefficient (Wildman–Crippen LogP) is 0.788. The van der Waals surface area contributed by atoms with E-state index in [0.717, 1.165) is 0 Å². The van der Waals surface area contributed by atoms with Gasteiger partial charge in [-0.3, -0.25) is 0 Å². The summed E-state index contributed by atoms with van der Waals surface area (Å²) in [5.41, 5.74) is 0. The van der Waals surface area contributed by atoms with Gasteiger partial charge in [0, 0.05) is 0 Å². The summed E-state index contributed by atoms with van der Waals surface area (Å²) < 4.78 is 36.6. The average molecular weight is 230 g/mol. The Morgan fingerprint density at radius 2 is 1.17 bits per heavy atom. The van der Waals surface area contributed by atoms with E-state index >= 15 is 0 Å². The van der Waals surface area contributed by atoms with Gasteiger partial charge in [-0.05, 0) is 0 Å². The predicted molar refractivity (Wildman–Crippen MR) is 26.6 cm³/mol. The lowest BCUT2D eigenvalue weighted by atomic mass is 15.9. The highest BCUT2D eigenvalue weighted by Gasteiger charge is 1.94. The first-order chi connectivity index (χ1) is 2.00. The molecule has 0 saturated heterocycles. The lowest BCUT2D eigenvalue weighted by Crippen LogP contribution is -1.69. The first-order valence-corrected chi connectivity index (χ1v) is 1.93. The lowest BCUT2D eigenvalue weighted by Gasteiger charge is -1.57. The third kappa shape index (κ3) is 195. The van der Waals surface area contributed by atoms with Crippen molar-refractivity contribution in [1.82, 2.24) is 0 Å². The van der Waals surface area contributed by atoms with Crippen molar-refractivity contribution in [1.29, 1.82) is 0 Å². The monoisotopic (exact) mass is 230 g/mol. The maximum Gasteiger partial charge on any atom is 0.476 e. The Morgan fingerprint density at radius 1 is 1.17 bits per heavy atom. The molecule has 0 fully saturated rings. The molecule has 0 rings (SSSR count). The molecular formula is HF2IO2S. The molecule has 0 aromatic rings. The minimum atomic E-state index is -5.67. The van der Waals surface area contributed by atoms with Gasteiger partial charge >= 0.3 is 10.6 Å². The van der Waals surface area contributed by atoms with Crippen LogP contribution in [-0.2, 0) is 10.6 Å². The third-order valence-electron chi connectivity index (χ3n) is 0. The van der Waals surface area contributed by atoms with E-state index in [2.05, 4.69) is 0 Å². The second-order valence-electron chi connectivity index (χ2n) is 0.378. The fraction of sp³-hybridized carbons (Fsp3) is 0. The highest BCUT2D eigenvalue weighted by Crippen LogP contribution is 1.85. The van der Waals surface area contributed by atoms with E-state index in [9.17, 15) is 7.77 Å². The lowest BCUT2D eigenvalue weighted by molar-refractivity contribution is 0.501. The molecule has 6 heavy (non-hydrogen) atoms. The third-order valence-corrected chi connectivity index (χ3v) is 0. The van der Waals surface area contributed by atoms with Crippen LogP contribution in [0.3, 0.4) is 0 Å². The van der Waals surface area contributed by atoms with Gasteiger partial charge in [-0.15, -0.1) is 24.0 Å². The van der Waals surface area contributed by atoms with Gasteiger partial charge in [-0.2, -0.15) is 8.42 Å². The quantitative estimate of drug-likeness (QED) is 0.455. The van der Waals surface area contributed by atoms with Crippen molar-refractivity contribution in [2.45, 2.75) is 0 Å². The van der Waals surface area contributed by atoms with Crippen molar-refractivity contribution in [3.05, 3.63) is 0 Å². The van der Waals surface area contributed by atoms with Crippen LogP contribution in [0.15, 0.2) is 0 Å². The van der Waals surface area contributed by atoms with Gasteiger partial charge in [-0.1, -0.05) is 7.77 Å². The number of rotatable bonds is 0. The Morgan fingerprint density at radius 3 is 1.17 bits per heavy atom. The van der Waals surface area contributed by atoms with Crippen LogP contribution < -0.4 is 0 Å². The van der Waals surface area contributed by atoms with Crippen molar-refractivity contribution in [2.24, 2.45) is 0 Å². The summed E-state index contributed by atoms with van der Waals surface area (Å²) in [5, 5.41) is 0. The topological polar surface area (TPSA) is 34.1 Å². The Labute approximate surface area is 51.1 Å². The van der Waals surface area contributed by atoms with Crippen LogP contribution in [0.4, 0.5) is 7.77 Å². The van der Waals surface area contributed by atoms with E-state index < -0.39 is 10.6 Å². The van der Waals surface area contributed by atoms with Crippen molar-refractivity contribution in [3.63, 3.8) is 0 Å². The Balaban J connectivity index is 0. The zero-order chi connectivity index (χ0) is 4.50. The second kappa shape index (κ2) is 2.67. The standard InChI is InChI=1S/F2O2S.HI/c1-5(2,3)4;/h;1H. The van der Waals surface area contributed by atoms with E-state index in [-0.39, 0.29) is 24.0 Å². The molecule has 0 spiro atoms. The first-order valence-electron chi connectivity index (χ1n) is 0.642. The highest BCUT2D eigenvalue weighted by molar-refractivity contribution is 14.0. The zero-order valence-electron chi connectivity index (χ0n) is 2.39. The smallest absolute Gasteiger partial charge is 0.160 e. The van der Waals surface area contributed by atoms with Gasteiger partial charge in [0.25, 0.3) is 0 Å². The summed E-state index contributed by atoms with van der Waals surface area (Å²) in [4.78, 5) is 0. The van der Waals surface area contributed by atoms with E-state index in [1.165, 1.54) is 0 Å². The van der Waals surface area contributed by atoms with Gasteiger partial charge in [0.2, 0.25) is 0 Å². The van der Waals surface area contributed by atoms with E-state index in [1.54, 1.807) is 0 Å². The molecule has 0 atom stereocenters. The van der Waals surface area contributed by atoms with Gasteiger partial charge in [0.1, 0.15) is 0 Å². The van der Waals surface area contributed by atoms with Crippen LogP contribution in [0.2, 0.25) is 0 Å². The molecule has 2 nitrogen and oxygen atoms in total. The summed E-state index contributed by atoms with van der Waals surface area (Å²) in [7, 11) is -5.67. The fourth-order valence-corrected chi connectivity index (χ4v) is 0. The molecule has 0 aliphatic carbocycles. The van der Waals surface area contributed by atoms with Crippen molar-refractivity contribution in [3.8, 4) is 0 Å². The zero-order valence-corrected chi connectivity index (χ0v) is 5.54. The number of hydrogen-bond acceptors (Lipinski definition) is 2. The second-order valence-corrected chi connectivity index (χ2v) is 1.14. The summed E-state index contributed by atoms with van der Waals surface area (Å²) >= 11 is 0. The van der Waals surface area contributed by atoms with Crippen LogP contribution in [0, 0.1) is 0 Å². The molecule has 0 bridgehead atoms. The summed E-state index contributed by atoms with van der Waals surface area (Å²) in [6.45, 7) is 0. The Hall–Kier alpha value is 0.540. The summed E-state index contributed by atoms with van der Waals surface area (Å²) in [6, 6.07) is 0. The molecule has 0 radical (unpaired) electrons. The molecule has 0 heterocycles. The molecule has 0 aromatic carbocycles. The Bertz CT molecular complexity index is 94.7. The number of hydrogen-bond donors (Lipinski definition) is 0. The van der Waals surface area contributed by atoms with Crippen molar-refractivity contribution in [2.75, 3.05) is 0 Å². The molecule has 0 unspecified atom stereocenters. The molecule has 0 amide bonds. The van der Waals surface area contributed by atoms with E-state index in [4.69, 9.17) is 8.42 Å². The van der Waals surface area contributed by atoms with E-state index in [0.29, 0.717) is 0 Å². The average Bonchev–Trinajstić information content (AvgIpc) is 0.722. The van der Waals surface area contributed by atoms with Crippen molar-refractivity contribution < 1.29 is 16.2 Å². The fourth-order valence-electron chi connectivity index (χ4n) is 0. The molecule has 0 aliphatic heterocycles. The molecule has 40 valence electrons. The molecule has 0 saturated carbocycles. The molecule has 0 N–H and O–H groups in total. The van der Waals surface area contributed by atoms with Crippen LogP contribution in [0.25, 0.3) is 0 Å². The normalized spacial score (nSPS) is 9.67. The van der Waals surface area contributed by atoms with Gasteiger partial charge in [0.05, 0.1) is 0 Å². The van der Waals surface area contributed by atoms with Crippen LogP contribution >= 0.6 is 24.0 Å². The Kier molecular flexibility index (Phi) is 4.33. The van der Waals surface area contributed by atoms with Crippen molar-refractivity contribution >= 4 is 34.6 Å². The summed E-state index contributed by atoms with van der Waals surface area (Å²) in [6.07, 6.45) is 0. The maximum absolute atomic E-state index is 9.99. The van der Waals surface area contributed by atoms with Gasteiger partial charge < -0.3 is 0 Å². The minimum Gasteiger partial charge on any atom is -0.160 e. The van der Waals surface area contributed by atoms with Crippen LogP contribution in [0.1, 0.15) is 0 Å². The molecular weight excluding hydrogens is 229 g/mol. The van der Waals surface area contributed by atoms with Crippen LogP contribution in [0.5, 0.6) is 0 Å². The SMILES string of the molecule is I.O=S(=O)(F)F. The molecule has 0 aromatic heterocycles. The highest BCUT2D eigenvalue weighted by atomic mass is 127.